The van der Waals surface area contributed by atoms with Gasteiger partial charge in [-0.05, 0) is 55.5 Å². The molecule has 1 aromatic carbocycles. The van der Waals surface area contributed by atoms with E-state index < -0.39 is 0 Å². The van der Waals surface area contributed by atoms with Gasteiger partial charge in [0.05, 0.1) is 7.11 Å². The van der Waals surface area contributed by atoms with E-state index in [2.05, 4.69) is 35.3 Å². The topological polar surface area (TPSA) is 24.5 Å². The Morgan fingerprint density at radius 2 is 2.26 bits per heavy atom. The van der Waals surface area contributed by atoms with Crippen molar-refractivity contribution in [2.45, 2.75) is 26.3 Å². The zero-order chi connectivity index (χ0) is 13.3. The van der Waals surface area contributed by atoms with E-state index in [1.54, 1.807) is 7.11 Å². The average molecular weight is 260 g/mol. The maximum Gasteiger partial charge on any atom is 0.122 e. The number of hydrogen-bond acceptors (Lipinski definition) is 3. The van der Waals surface area contributed by atoms with Gasteiger partial charge in [-0.15, -0.1) is 0 Å². The third kappa shape index (κ3) is 2.63. The molecule has 1 unspecified atom stereocenters. The maximum atomic E-state index is 5.41. The van der Waals surface area contributed by atoms with Crippen LogP contribution >= 0.6 is 0 Å². The minimum absolute atomic E-state index is 0.564. The third-order valence-electron chi connectivity index (χ3n) is 4.73. The van der Waals surface area contributed by atoms with Gasteiger partial charge in [0.25, 0.3) is 0 Å². The first-order chi connectivity index (χ1) is 9.21. The number of methoxy groups -OCH3 is 1. The van der Waals surface area contributed by atoms with Gasteiger partial charge in [-0.25, -0.2) is 0 Å². The molecule has 3 rings (SSSR count). The lowest BCUT2D eigenvalue weighted by Gasteiger charge is -2.23. The Labute approximate surface area is 115 Å². The van der Waals surface area contributed by atoms with Crippen molar-refractivity contribution in [3.63, 3.8) is 0 Å². The van der Waals surface area contributed by atoms with Gasteiger partial charge in [0.1, 0.15) is 5.75 Å². The Morgan fingerprint density at radius 3 is 3.00 bits per heavy atom. The molecule has 0 saturated carbocycles. The maximum absolute atomic E-state index is 5.41. The summed E-state index contributed by atoms with van der Waals surface area (Å²) in [7, 11) is 1.75. The highest BCUT2D eigenvalue weighted by atomic mass is 16.5. The highest BCUT2D eigenvalue weighted by Crippen LogP contribution is 2.36. The average Bonchev–Trinajstić information content (AvgIpc) is 3.03. The predicted octanol–water partition coefficient (Wildman–Crippen LogP) is 2.19. The van der Waals surface area contributed by atoms with Crippen molar-refractivity contribution in [3.8, 4) is 5.75 Å². The van der Waals surface area contributed by atoms with Crippen molar-refractivity contribution in [2.24, 2.45) is 5.41 Å². The number of hydrogen-bond donors (Lipinski definition) is 1. The molecule has 2 heterocycles. The number of aryl methyl sites for hydroxylation is 1. The molecule has 3 heteroatoms. The Balaban J connectivity index is 1.66. The Kier molecular flexibility index (Phi) is 3.50. The van der Waals surface area contributed by atoms with Gasteiger partial charge < -0.3 is 10.1 Å². The van der Waals surface area contributed by atoms with Gasteiger partial charge in [0, 0.05) is 19.6 Å². The van der Waals surface area contributed by atoms with Crippen molar-refractivity contribution in [1.29, 1.82) is 0 Å². The van der Waals surface area contributed by atoms with Crippen molar-refractivity contribution in [3.05, 3.63) is 29.3 Å². The minimum atomic E-state index is 0.564. The monoisotopic (exact) mass is 260 g/mol. The summed E-state index contributed by atoms with van der Waals surface area (Å²) in [6.45, 7) is 8.04. The summed E-state index contributed by atoms with van der Waals surface area (Å²) in [4.78, 5) is 2.59. The first kappa shape index (κ1) is 12.9. The van der Waals surface area contributed by atoms with Gasteiger partial charge in [0.15, 0.2) is 0 Å². The number of rotatable bonds is 3. The Morgan fingerprint density at radius 1 is 1.37 bits per heavy atom. The molecule has 2 fully saturated rings. The molecule has 1 N–H and O–H groups in total. The molecule has 0 aliphatic carbocycles. The molecule has 19 heavy (non-hydrogen) atoms. The van der Waals surface area contributed by atoms with Gasteiger partial charge in [0.2, 0.25) is 0 Å². The quantitative estimate of drug-likeness (QED) is 0.901. The zero-order valence-electron chi connectivity index (χ0n) is 12.0. The fourth-order valence-corrected chi connectivity index (χ4v) is 3.53. The molecule has 0 aromatic heterocycles. The number of nitrogens with zero attached hydrogens (tertiary/aromatic N) is 1. The second kappa shape index (κ2) is 5.14. The summed E-state index contributed by atoms with van der Waals surface area (Å²) in [6, 6.07) is 6.58. The van der Waals surface area contributed by atoms with Crippen LogP contribution in [0.15, 0.2) is 18.2 Å². The van der Waals surface area contributed by atoms with Crippen LogP contribution < -0.4 is 10.1 Å². The molecular weight excluding hydrogens is 236 g/mol. The Hall–Kier alpha value is -1.06. The van der Waals surface area contributed by atoms with E-state index in [9.17, 15) is 0 Å². The van der Waals surface area contributed by atoms with Gasteiger partial charge >= 0.3 is 0 Å². The number of benzene rings is 1. The second-order valence-electron chi connectivity index (χ2n) is 6.19. The van der Waals surface area contributed by atoms with Crippen LogP contribution in [0.3, 0.4) is 0 Å². The molecule has 2 aliphatic heterocycles. The van der Waals surface area contributed by atoms with Crippen LogP contribution in [0, 0.1) is 12.3 Å². The Bertz CT molecular complexity index is 452. The van der Waals surface area contributed by atoms with Crippen LogP contribution in [-0.4, -0.2) is 38.2 Å². The molecule has 3 nitrogen and oxygen atoms in total. The van der Waals surface area contributed by atoms with Crippen molar-refractivity contribution < 1.29 is 4.74 Å². The second-order valence-corrected chi connectivity index (χ2v) is 6.19. The van der Waals surface area contributed by atoms with E-state index in [4.69, 9.17) is 4.74 Å². The third-order valence-corrected chi connectivity index (χ3v) is 4.73. The van der Waals surface area contributed by atoms with Crippen LogP contribution in [0.2, 0.25) is 0 Å². The first-order valence-corrected chi connectivity index (χ1v) is 7.27. The summed E-state index contributed by atoms with van der Waals surface area (Å²) < 4.78 is 5.41. The SMILES string of the molecule is COc1cc(CN2CCC3(CCNC3)C2)ccc1C. The smallest absolute Gasteiger partial charge is 0.122 e. The molecule has 0 bridgehead atoms. The molecule has 1 spiro atoms. The van der Waals surface area contributed by atoms with E-state index in [0.717, 1.165) is 12.3 Å². The highest BCUT2D eigenvalue weighted by Gasteiger charge is 2.39. The molecule has 1 aromatic rings. The molecule has 0 radical (unpaired) electrons. The van der Waals surface area contributed by atoms with Crippen LogP contribution in [0.25, 0.3) is 0 Å². The normalized spacial score (nSPS) is 27.3. The fraction of sp³-hybridized carbons (Fsp3) is 0.625. The predicted molar refractivity (Wildman–Crippen MR) is 77.5 cm³/mol. The molecule has 0 amide bonds. The van der Waals surface area contributed by atoms with Crippen LogP contribution in [0.5, 0.6) is 5.75 Å². The van der Waals surface area contributed by atoms with Crippen LogP contribution in [-0.2, 0) is 6.54 Å². The molecule has 2 aliphatic rings. The zero-order valence-corrected chi connectivity index (χ0v) is 12.0. The minimum Gasteiger partial charge on any atom is -0.496 e. The van der Waals surface area contributed by atoms with E-state index >= 15 is 0 Å². The van der Waals surface area contributed by atoms with E-state index in [1.165, 1.54) is 50.1 Å². The number of ether oxygens (including phenoxy) is 1. The van der Waals surface area contributed by atoms with E-state index in [0.29, 0.717) is 5.41 Å². The van der Waals surface area contributed by atoms with Gasteiger partial charge in [-0.3, -0.25) is 4.90 Å². The summed E-state index contributed by atoms with van der Waals surface area (Å²) in [5.41, 5.74) is 3.14. The van der Waals surface area contributed by atoms with Gasteiger partial charge in [-0.1, -0.05) is 12.1 Å². The standard InChI is InChI=1S/C16H24N2O/c1-13-3-4-14(9-15(13)19-2)10-18-8-6-16(12-18)5-7-17-11-16/h3-4,9,17H,5-8,10-12H2,1-2H3. The lowest BCUT2D eigenvalue weighted by Crippen LogP contribution is -2.28. The molecular formula is C16H24N2O. The van der Waals surface area contributed by atoms with Crippen LogP contribution in [0.4, 0.5) is 0 Å². The van der Waals surface area contributed by atoms with Crippen molar-refractivity contribution in [2.75, 3.05) is 33.3 Å². The summed E-state index contributed by atoms with van der Waals surface area (Å²) in [6.07, 6.45) is 2.70. The lowest BCUT2D eigenvalue weighted by molar-refractivity contribution is 0.268. The molecule has 1 atom stereocenters. The van der Waals surface area contributed by atoms with Gasteiger partial charge in [-0.2, -0.15) is 0 Å². The summed E-state index contributed by atoms with van der Waals surface area (Å²) in [5.74, 6) is 1.01. The fourth-order valence-electron chi connectivity index (χ4n) is 3.53. The van der Waals surface area contributed by atoms with E-state index in [1.807, 2.05) is 0 Å². The number of likely N-dealkylation sites (tertiary alicyclic amines) is 1. The summed E-state index contributed by atoms with van der Waals surface area (Å²) in [5, 5.41) is 3.52. The van der Waals surface area contributed by atoms with Crippen molar-refractivity contribution in [1.82, 2.24) is 10.2 Å². The van der Waals surface area contributed by atoms with E-state index in [-0.39, 0.29) is 0 Å². The highest BCUT2D eigenvalue weighted by molar-refractivity contribution is 5.36. The first-order valence-electron chi connectivity index (χ1n) is 7.27. The van der Waals surface area contributed by atoms with Crippen molar-refractivity contribution >= 4 is 0 Å². The number of nitrogens with one attached hydrogen (secondary N) is 1. The molecule has 2 saturated heterocycles. The molecule has 104 valence electrons. The van der Waals surface area contributed by atoms with Crippen LogP contribution in [0.1, 0.15) is 24.0 Å². The summed E-state index contributed by atoms with van der Waals surface area (Å²) >= 11 is 0. The lowest BCUT2D eigenvalue weighted by atomic mass is 9.86. The largest absolute Gasteiger partial charge is 0.496 e.